The van der Waals surface area contributed by atoms with Gasteiger partial charge in [-0.1, -0.05) is 12.2 Å². The standard InChI is InChI=1S/C14H17S/c1-4-14-11(2)9-13(10-12(14)3)15-7-5-6-8-15/h5-10,15H,1,4H2,2-3H3. The number of aryl methyl sites for hydroxylation is 2. The van der Waals surface area contributed by atoms with Gasteiger partial charge in [0, 0.05) is 0 Å². The lowest BCUT2D eigenvalue weighted by Gasteiger charge is -2.15. The van der Waals surface area contributed by atoms with Crippen molar-refractivity contribution in [3.63, 3.8) is 0 Å². The molecule has 0 fully saturated rings. The van der Waals surface area contributed by atoms with Crippen LogP contribution in [0.5, 0.6) is 0 Å². The van der Waals surface area contributed by atoms with Crippen molar-refractivity contribution in [2.75, 3.05) is 0 Å². The van der Waals surface area contributed by atoms with Gasteiger partial charge in [-0.2, -0.15) is 10.9 Å². The molecule has 2 rings (SSSR count). The smallest absolute Gasteiger partial charge is 0.00497 e. The molecule has 0 N–H and O–H groups in total. The van der Waals surface area contributed by atoms with Crippen LogP contribution in [0.1, 0.15) is 16.7 Å². The van der Waals surface area contributed by atoms with Crippen molar-refractivity contribution in [2.24, 2.45) is 0 Å². The minimum absolute atomic E-state index is 0.172. The van der Waals surface area contributed by atoms with Crippen molar-refractivity contribution in [3.05, 3.63) is 58.7 Å². The van der Waals surface area contributed by atoms with Crippen molar-refractivity contribution < 1.29 is 0 Å². The minimum atomic E-state index is -0.172. The Morgan fingerprint density at radius 3 is 2.07 bits per heavy atom. The number of benzene rings is 1. The van der Waals surface area contributed by atoms with Crippen LogP contribution in [0.2, 0.25) is 0 Å². The lowest BCUT2D eigenvalue weighted by Crippen LogP contribution is -1.93. The van der Waals surface area contributed by atoms with Gasteiger partial charge in [0.25, 0.3) is 0 Å². The summed E-state index contributed by atoms with van der Waals surface area (Å²) in [4.78, 5) is 1.46. The molecule has 15 heavy (non-hydrogen) atoms. The molecule has 1 heterocycles. The molecule has 1 radical (unpaired) electrons. The molecular formula is C14H17S. The largest absolute Gasteiger partial charge is 0.186 e. The quantitative estimate of drug-likeness (QED) is 0.709. The lowest BCUT2D eigenvalue weighted by atomic mass is 10.0. The third-order valence-corrected chi connectivity index (χ3v) is 4.67. The Morgan fingerprint density at radius 1 is 1.07 bits per heavy atom. The van der Waals surface area contributed by atoms with Crippen LogP contribution in [0.15, 0.2) is 40.0 Å². The molecule has 1 heteroatoms. The van der Waals surface area contributed by atoms with Crippen LogP contribution in [0, 0.1) is 20.8 Å². The van der Waals surface area contributed by atoms with Crippen molar-refractivity contribution in [2.45, 2.75) is 25.2 Å². The summed E-state index contributed by atoms with van der Waals surface area (Å²) in [6, 6.07) is 4.64. The molecular weight excluding hydrogens is 200 g/mol. The molecule has 0 spiro atoms. The summed E-state index contributed by atoms with van der Waals surface area (Å²) in [5, 5.41) is 4.60. The van der Waals surface area contributed by atoms with E-state index >= 15 is 0 Å². The van der Waals surface area contributed by atoms with Crippen LogP contribution < -0.4 is 0 Å². The average Bonchev–Trinajstić information content (AvgIpc) is 2.69. The summed E-state index contributed by atoms with van der Waals surface area (Å²) in [7, 11) is -0.172. The number of rotatable bonds is 2. The van der Waals surface area contributed by atoms with Gasteiger partial charge in [-0.15, -0.1) is 0 Å². The van der Waals surface area contributed by atoms with Gasteiger partial charge in [-0.05, 0) is 71.7 Å². The summed E-state index contributed by atoms with van der Waals surface area (Å²) in [6.45, 7) is 8.36. The van der Waals surface area contributed by atoms with Crippen LogP contribution in [-0.4, -0.2) is 0 Å². The molecule has 1 aromatic carbocycles. The van der Waals surface area contributed by atoms with Gasteiger partial charge in [0.2, 0.25) is 0 Å². The van der Waals surface area contributed by atoms with Gasteiger partial charge in [-0.25, -0.2) is 0 Å². The second-order valence-corrected chi connectivity index (χ2v) is 5.83. The Bertz CT molecular complexity index is 392. The molecule has 1 aliphatic rings. The summed E-state index contributed by atoms with van der Waals surface area (Å²) in [5.74, 6) is 0. The van der Waals surface area contributed by atoms with Gasteiger partial charge >= 0.3 is 0 Å². The highest BCUT2D eigenvalue weighted by molar-refractivity contribution is 8.22. The first kappa shape index (κ1) is 10.6. The van der Waals surface area contributed by atoms with Crippen LogP contribution in [0.4, 0.5) is 0 Å². The number of hydrogen-bond donors (Lipinski definition) is 1. The second-order valence-electron chi connectivity index (χ2n) is 3.90. The molecule has 0 unspecified atom stereocenters. The molecule has 0 saturated carbocycles. The number of thiol groups is 1. The van der Waals surface area contributed by atoms with Crippen LogP contribution in [0.3, 0.4) is 0 Å². The van der Waals surface area contributed by atoms with E-state index in [0.717, 1.165) is 6.42 Å². The molecule has 0 aromatic heterocycles. The van der Waals surface area contributed by atoms with E-state index in [1.807, 2.05) is 0 Å². The average molecular weight is 217 g/mol. The maximum Gasteiger partial charge on any atom is -0.00497 e. The summed E-state index contributed by atoms with van der Waals surface area (Å²) < 4.78 is 0. The van der Waals surface area contributed by atoms with Crippen molar-refractivity contribution in [1.82, 2.24) is 0 Å². The minimum Gasteiger partial charge on any atom is -0.186 e. The third kappa shape index (κ3) is 2.03. The van der Waals surface area contributed by atoms with E-state index < -0.39 is 0 Å². The van der Waals surface area contributed by atoms with Gasteiger partial charge < -0.3 is 0 Å². The third-order valence-electron chi connectivity index (χ3n) is 2.83. The SMILES string of the molecule is [CH2]Cc1c(C)cc([SH]2C=CC=C2)cc1C. The molecule has 0 bridgehead atoms. The van der Waals surface area contributed by atoms with E-state index in [1.165, 1.54) is 21.6 Å². The fraction of sp³-hybridized carbons (Fsp3) is 0.214. The first-order valence-electron chi connectivity index (χ1n) is 5.25. The zero-order valence-electron chi connectivity index (χ0n) is 9.33. The number of allylic oxidation sites excluding steroid dienone is 2. The Morgan fingerprint density at radius 2 is 1.60 bits per heavy atom. The maximum absolute atomic E-state index is 3.98. The Labute approximate surface area is 95.1 Å². The number of hydrogen-bond acceptors (Lipinski definition) is 0. The lowest BCUT2D eigenvalue weighted by molar-refractivity contribution is 1.14. The van der Waals surface area contributed by atoms with Gasteiger partial charge in [-0.3, -0.25) is 0 Å². The molecule has 0 amide bonds. The van der Waals surface area contributed by atoms with Crippen LogP contribution >= 0.6 is 10.9 Å². The first-order valence-corrected chi connectivity index (χ1v) is 6.73. The van der Waals surface area contributed by atoms with E-state index in [4.69, 9.17) is 0 Å². The van der Waals surface area contributed by atoms with Gasteiger partial charge in [0.15, 0.2) is 0 Å². The highest BCUT2D eigenvalue weighted by atomic mass is 32.2. The molecule has 1 aromatic rings. The molecule has 1 aliphatic heterocycles. The fourth-order valence-electron chi connectivity index (χ4n) is 2.02. The molecule has 0 saturated heterocycles. The highest BCUT2D eigenvalue weighted by Crippen LogP contribution is 2.43. The molecule has 0 nitrogen and oxygen atoms in total. The predicted molar refractivity (Wildman–Crippen MR) is 70.5 cm³/mol. The van der Waals surface area contributed by atoms with Crippen molar-refractivity contribution in [1.29, 1.82) is 0 Å². The van der Waals surface area contributed by atoms with Crippen molar-refractivity contribution in [3.8, 4) is 0 Å². The van der Waals surface area contributed by atoms with E-state index in [0.29, 0.717) is 0 Å². The first-order chi connectivity index (χ1) is 7.22. The monoisotopic (exact) mass is 217 g/mol. The second kappa shape index (κ2) is 4.28. The van der Waals surface area contributed by atoms with Crippen LogP contribution in [0.25, 0.3) is 0 Å². The topological polar surface area (TPSA) is 0 Å². The molecule has 79 valence electrons. The van der Waals surface area contributed by atoms with E-state index in [1.54, 1.807) is 0 Å². The fourth-order valence-corrected chi connectivity index (χ4v) is 3.72. The zero-order chi connectivity index (χ0) is 10.8. The summed E-state index contributed by atoms with van der Waals surface area (Å²) in [5.41, 5.74) is 4.17. The Hall–Kier alpha value is -0.950. The Balaban J connectivity index is 2.43. The van der Waals surface area contributed by atoms with Crippen LogP contribution in [-0.2, 0) is 6.42 Å². The summed E-state index contributed by atoms with van der Waals surface area (Å²) in [6.07, 6.45) is 5.18. The van der Waals surface area contributed by atoms with Gasteiger partial charge in [0.05, 0.1) is 0 Å². The van der Waals surface area contributed by atoms with Gasteiger partial charge in [0.1, 0.15) is 0 Å². The van der Waals surface area contributed by atoms with E-state index in [2.05, 4.69) is 55.9 Å². The molecule has 0 aliphatic carbocycles. The Kier molecular flexibility index (Phi) is 3.01. The zero-order valence-corrected chi connectivity index (χ0v) is 10.2. The highest BCUT2D eigenvalue weighted by Gasteiger charge is 2.07. The maximum atomic E-state index is 3.98. The normalized spacial score (nSPS) is 16.3. The van der Waals surface area contributed by atoms with Crippen molar-refractivity contribution >= 4 is 10.9 Å². The van der Waals surface area contributed by atoms with E-state index in [9.17, 15) is 0 Å². The summed E-state index contributed by atoms with van der Waals surface area (Å²) >= 11 is 0. The molecule has 0 atom stereocenters. The predicted octanol–water partition coefficient (Wildman–Crippen LogP) is 4.08. The van der Waals surface area contributed by atoms with E-state index in [-0.39, 0.29) is 10.9 Å².